The van der Waals surface area contributed by atoms with Gasteiger partial charge in [0.2, 0.25) is 5.91 Å². The van der Waals surface area contributed by atoms with Gasteiger partial charge in [-0.25, -0.2) is 4.98 Å². The third-order valence-corrected chi connectivity index (χ3v) is 4.94. The molecule has 0 aliphatic rings. The van der Waals surface area contributed by atoms with Crippen LogP contribution in [0.1, 0.15) is 21.6 Å². The quantitative estimate of drug-likeness (QED) is 0.594. The molecular formula is C21H21N3O4S. The standard InChI is InChI=1S/C21H21N3O4S/c1-27-17-9-7-14(8-10-17)20(26)24-21-23-16(13-29-21)11-19(25)22-12-15-5-3-4-6-18(15)28-2/h3-10,13H,11-12H2,1-2H3,(H,22,25)(H,23,24,26). The van der Waals surface area contributed by atoms with Gasteiger partial charge in [0, 0.05) is 23.1 Å². The number of hydrogen-bond acceptors (Lipinski definition) is 6. The molecule has 1 heterocycles. The Bertz CT molecular complexity index is 986. The third-order valence-electron chi connectivity index (χ3n) is 4.13. The average molecular weight is 411 g/mol. The van der Waals surface area contributed by atoms with Crippen molar-refractivity contribution in [2.24, 2.45) is 0 Å². The Morgan fingerprint density at radius 3 is 2.52 bits per heavy atom. The molecule has 0 saturated carbocycles. The molecule has 7 nitrogen and oxygen atoms in total. The molecule has 1 aromatic heterocycles. The van der Waals surface area contributed by atoms with E-state index >= 15 is 0 Å². The van der Waals surface area contributed by atoms with Gasteiger partial charge in [0.15, 0.2) is 5.13 Å². The lowest BCUT2D eigenvalue weighted by Gasteiger charge is -2.09. The Balaban J connectivity index is 1.52. The van der Waals surface area contributed by atoms with Gasteiger partial charge >= 0.3 is 0 Å². The minimum Gasteiger partial charge on any atom is -0.497 e. The number of carbonyl (C=O) groups is 2. The summed E-state index contributed by atoms with van der Waals surface area (Å²) in [6.07, 6.45) is 0.129. The lowest BCUT2D eigenvalue weighted by molar-refractivity contribution is -0.120. The van der Waals surface area contributed by atoms with E-state index in [-0.39, 0.29) is 18.2 Å². The zero-order valence-electron chi connectivity index (χ0n) is 16.1. The minimum absolute atomic E-state index is 0.129. The molecule has 0 saturated heterocycles. The Morgan fingerprint density at radius 2 is 1.79 bits per heavy atom. The van der Waals surface area contributed by atoms with E-state index in [9.17, 15) is 9.59 Å². The number of carbonyl (C=O) groups excluding carboxylic acids is 2. The molecule has 150 valence electrons. The first kappa shape index (κ1) is 20.3. The molecule has 8 heteroatoms. The first-order valence-corrected chi connectivity index (χ1v) is 9.75. The highest BCUT2D eigenvalue weighted by Crippen LogP contribution is 2.19. The molecule has 0 aliphatic carbocycles. The SMILES string of the molecule is COc1ccc(C(=O)Nc2nc(CC(=O)NCc3ccccc3OC)cs2)cc1. The van der Waals surface area contributed by atoms with E-state index in [4.69, 9.17) is 9.47 Å². The van der Waals surface area contributed by atoms with Crippen molar-refractivity contribution >= 4 is 28.3 Å². The van der Waals surface area contributed by atoms with E-state index in [1.54, 1.807) is 43.9 Å². The predicted octanol–water partition coefficient (Wildman–Crippen LogP) is 3.27. The molecule has 0 aliphatic heterocycles. The van der Waals surface area contributed by atoms with Gasteiger partial charge in [-0.3, -0.25) is 14.9 Å². The number of aromatic nitrogens is 1. The van der Waals surface area contributed by atoms with E-state index in [0.29, 0.717) is 28.7 Å². The van der Waals surface area contributed by atoms with Crippen molar-refractivity contribution in [3.8, 4) is 11.5 Å². The summed E-state index contributed by atoms with van der Waals surface area (Å²) in [6.45, 7) is 0.369. The molecule has 0 bridgehead atoms. The summed E-state index contributed by atoms with van der Waals surface area (Å²) in [5.41, 5.74) is 1.99. The van der Waals surface area contributed by atoms with Gasteiger partial charge in [0.05, 0.1) is 26.3 Å². The van der Waals surface area contributed by atoms with E-state index in [0.717, 1.165) is 11.3 Å². The Labute approximate surface area is 172 Å². The van der Waals surface area contributed by atoms with Crippen LogP contribution in [-0.4, -0.2) is 31.0 Å². The molecule has 0 unspecified atom stereocenters. The topological polar surface area (TPSA) is 89.5 Å². The molecule has 0 spiro atoms. The molecule has 2 aromatic carbocycles. The van der Waals surface area contributed by atoms with Crippen molar-refractivity contribution in [3.63, 3.8) is 0 Å². The average Bonchev–Trinajstić information content (AvgIpc) is 3.19. The summed E-state index contributed by atoms with van der Waals surface area (Å²) in [5, 5.41) is 7.80. The first-order chi connectivity index (χ1) is 14.1. The number of para-hydroxylation sites is 1. The van der Waals surface area contributed by atoms with Crippen LogP contribution in [0.25, 0.3) is 0 Å². The second-order valence-electron chi connectivity index (χ2n) is 6.09. The summed E-state index contributed by atoms with van der Waals surface area (Å²) in [4.78, 5) is 28.8. The summed E-state index contributed by atoms with van der Waals surface area (Å²) in [5.74, 6) is 0.977. The van der Waals surface area contributed by atoms with Crippen LogP contribution in [-0.2, 0) is 17.8 Å². The summed E-state index contributed by atoms with van der Waals surface area (Å²) >= 11 is 1.27. The molecule has 29 heavy (non-hydrogen) atoms. The molecule has 3 rings (SSSR count). The van der Waals surface area contributed by atoms with Crippen LogP contribution in [0.15, 0.2) is 53.9 Å². The highest BCUT2D eigenvalue weighted by Gasteiger charge is 2.12. The zero-order chi connectivity index (χ0) is 20.6. The molecule has 0 fully saturated rings. The van der Waals surface area contributed by atoms with Crippen molar-refractivity contribution in [2.75, 3.05) is 19.5 Å². The van der Waals surface area contributed by atoms with Crippen LogP contribution in [0.2, 0.25) is 0 Å². The fourth-order valence-electron chi connectivity index (χ4n) is 2.63. The summed E-state index contributed by atoms with van der Waals surface area (Å²) in [7, 11) is 3.16. The van der Waals surface area contributed by atoms with Gasteiger partial charge in [-0.05, 0) is 30.3 Å². The van der Waals surface area contributed by atoms with Gasteiger partial charge in [0.25, 0.3) is 5.91 Å². The normalized spacial score (nSPS) is 10.3. The van der Waals surface area contributed by atoms with Gasteiger partial charge in [0.1, 0.15) is 11.5 Å². The minimum atomic E-state index is -0.269. The third kappa shape index (κ3) is 5.55. The second kappa shape index (κ2) is 9.70. The van der Waals surface area contributed by atoms with Crippen LogP contribution in [0.4, 0.5) is 5.13 Å². The number of methoxy groups -OCH3 is 2. The van der Waals surface area contributed by atoms with E-state index in [1.807, 2.05) is 24.3 Å². The number of ether oxygens (including phenoxy) is 2. The maximum Gasteiger partial charge on any atom is 0.257 e. The van der Waals surface area contributed by atoms with Crippen LogP contribution >= 0.6 is 11.3 Å². The molecular weight excluding hydrogens is 390 g/mol. The van der Waals surface area contributed by atoms with E-state index < -0.39 is 0 Å². The van der Waals surface area contributed by atoms with Crippen molar-refractivity contribution in [3.05, 3.63) is 70.7 Å². The number of anilines is 1. The number of nitrogens with zero attached hydrogens (tertiary/aromatic N) is 1. The predicted molar refractivity (Wildman–Crippen MR) is 112 cm³/mol. The van der Waals surface area contributed by atoms with Crippen LogP contribution in [0.3, 0.4) is 0 Å². The number of hydrogen-bond donors (Lipinski definition) is 2. The monoisotopic (exact) mass is 411 g/mol. The summed E-state index contributed by atoms with van der Waals surface area (Å²) < 4.78 is 10.4. The van der Waals surface area contributed by atoms with Crippen molar-refractivity contribution in [1.29, 1.82) is 0 Å². The van der Waals surface area contributed by atoms with E-state index in [1.165, 1.54) is 11.3 Å². The second-order valence-corrected chi connectivity index (χ2v) is 6.95. The smallest absolute Gasteiger partial charge is 0.257 e. The number of amides is 2. The van der Waals surface area contributed by atoms with Crippen molar-refractivity contribution in [2.45, 2.75) is 13.0 Å². The Hall–Kier alpha value is -3.39. The van der Waals surface area contributed by atoms with E-state index in [2.05, 4.69) is 15.6 Å². The van der Waals surface area contributed by atoms with Gasteiger partial charge in [-0.1, -0.05) is 18.2 Å². The maximum atomic E-state index is 12.3. The molecule has 2 N–H and O–H groups in total. The van der Waals surface area contributed by atoms with Gasteiger partial charge in [-0.15, -0.1) is 11.3 Å². The van der Waals surface area contributed by atoms with Crippen molar-refractivity contribution < 1.29 is 19.1 Å². The molecule has 0 radical (unpaired) electrons. The molecule has 0 atom stereocenters. The lowest BCUT2D eigenvalue weighted by Crippen LogP contribution is -2.25. The molecule has 3 aromatic rings. The molecule has 2 amide bonds. The fraction of sp³-hybridized carbons (Fsp3) is 0.190. The van der Waals surface area contributed by atoms with Gasteiger partial charge in [-0.2, -0.15) is 0 Å². The number of rotatable bonds is 8. The summed E-state index contributed by atoms with van der Waals surface area (Å²) in [6, 6.07) is 14.3. The lowest BCUT2D eigenvalue weighted by atomic mass is 10.2. The highest BCUT2D eigenvalue weighted by molar-refractivity contribution is 7.14. The zero-order valence-corrected chi connectivity index (χ0v) is 16.9. The Kier molecular flexibility index (Phi) is 6.80. The first-order valence-electron chi connectivity index (χ1n) is 8.87. The number of thiazole rings is 1. The fourth-order valence-corrected chi connectivity index (χ4v) is 3.33. The van der Waals surface area contributed by atoms with Gasteiger partial charge < -0.3 is 14.8 Å². The largest absolute Gasteiger partial charge is 0.497 e. The number of benzene rings is 2. The van der Waals surface area contributed by atoms with Crippen LogP contribution in [0, 0.1) is 0 Å². The Morgan fingerprint density at radius 1 is 1.03 bits per heavy atom. The maximum absolute atomic E-state index is 12.3. The van der Waals surface area contributed by atoms with Crippen LogP contribution < -0.4 is 20.1 Å². The van der Waals surface area contributed by atoms with Crippen LogP contribution in [0.5, 0.6) is 11.5 Å². The number of nitrogens with one attached hydrogen (secondary N) is 2. The van der Waals surface area contributed by atoms with Crippen molar-refractivity contribution in [1.82, 2.24) is 10.3 Å². The highest BCUT2D eigenvalue weighted by atomic mass is 32.1.